The molecule has 0 fully saturated rings. The minimum atomic E-state index is -0.598. The molecule has 1 rings (SSSR count). The van der Waals surface area contributed by atoms with Crippen LogP contribution in [0.2, 0.25) is 4.44 Å². The maximum atomic E-state index is 5.88. The van der Waals surface area contributed by atoms with Crippen molar-refractivity contribution < 1.29 is 0 Å². The molecular formula is C11H17N3Sn. The normalized spacial score (nSPS) is 11.7. The second kappa shape index (κ2) is 6.85. The number of hydrogen-bond donors (Lipinski definition) is 2. The molecule has 0 aliphatic heterocycles. The Labute approximate surface area is 101 Å². The van der Waals surface area contributed by atoms with Crippen LogP contribution in [-0.4, -0.2) is 25.0 Å². The molecule has 80 valence electrons. The Hall–Kier alpha value is -0.551. The minimum absolute atomic E-state index is 0.554. The summed E-state index contributed by atoms with van der Waals surface area (Å²) in [4.78, 5) is 4.42. The second-order valence-corrected chi connectivity index (χ2v) is 7.20. The van der Waals surface area contributed by atoms with E-state index in [1.807, 2.05) is 24.3 Å². The number of hydrogen-bond acceptors (Lipinski definition) is 2. The Balaban J connectivity index is 2.69. The number of aliphatic imine (C=N–C) groups is 1. The van der Waals surface area contributed by atoms with Crippen LogP contribution in [0.15, 0.2) is 29.3 Å². The standard InChI is InChI=1S/C8H10N3.C3H7.Sn/c9-5-7-2-1-3-8(4-7)11-6-10;1-3-2;/h1-4H,5,9H2,(H2,10,11);1,3H2,2H3;. The molecule has 0 amide bonds. The van der Waals surface area contributed by atoms with Crippen LogP contribution in [0.1, 0.15) is 18.9 Å². The summed E-state index contributed by atoms with van der Waals surface area (Å²) in [5.74, 6) is 0. The van der Waals surface area contributed by atoms with Crippen LogP contribution in [0.4, 0.5) is 5.69 Å². The number of amidine groups is 1. The molecule has 0 saturated heterocycles. The first-order valence-corrected chi connectivity index (χ1v) is 8.57. The Morgan fingerprint density at radius 2 is 2.27 bits per heavy atom. The first-order chi connectivity index (χ1) is 7.26. The van der Waals surface area contributed by atoms with E-state index in [9.17, 15) is 0 Å². The van der Waals surface area contributed by atoms with E-state index in [-0.39, 0.29) is 0 Å². The van der Waals surface area contributed by atoms with Gasteiger partial charge in [0.1, 0.15) is 0 Å². The van der Waals surface area contributed by atoms with Crippen LogP contribution in [0, 0.1) is 0 Å². The molecule has 1 aromatic carbocycles. The number of benzene rings is 1. The molecule has 1 aromatic rings. The maximum absolute atomic E-state index is 5.88. The van der Waals surface area contributed by atoms with Crippen molar-refractivity contribution in [3.8, 4) is 0 Å². The van der Waals surface area contributed by atoms with Crippen LogP contribution < -0.4 is 11.5 Å². The molecule has 0 atom stereocenters. The molecule has 4 heteroatoms. The van der Waals surface area contributed by atoms with Crippen LogP contribution in [0.3, 0.4) is 0 Å². The Bertz CT molecular complexity index is 336. The molecular weight excluding hydrogens is 293 g/mol. The summed E-state index contributed by atoms with van der Waals surface area (Å²) in [5.41, 5.74) is 13.5. The molecule has 4 N–H and O–H groups in total. The average molecular weight is 310 g/mol. The Morgan fingerprint density at radius 3 is 2.93 bits per heavy atom. The van der Waals surface area contributed by atoms with Crippen LogP contribution in [0.5, 0.6) is 0 Å². The van der Waals surface area contributed by atoms with E-state index >= 15 is 0 Å². The SMILES string of the molecule is CC[CH2][Sn][C](N)=Nc1cccc(CN)c1. The third kappa shape index (κ3) is 4.66. The van der Waals surface area contributed by atoms with Crippen molar-refractivity contribution in [3.63, 3.8) is 0 Å². The van der Waals surface area contributed by atoms with Crippen molar-refractivity contribution >= 4 is 30.7 Å². The summed E-state index contributed by atoms with van der Waals surface area (Å²) in [6, 6.07) is 7.94. The summed E-state index contributed by atoms with van der Waals surface area (Å²) >= 11 is -0.598. The van der Waals surface area contributed by atoms with E-state index in [0.717, 1.165) is 15.1 Å². The average Bonchev–Trinajstić information content (AvgIpc) is 2.26. The van der Waals surface area contributed by atoms with Gasteiger partial charge in [-0.25, -0.2) is 0 Å². The number of nitrogens with zero attached hydrogens (tertiary/aromatic N) is 1. The van der Waals surface area contributed by atoms with Crippen molar-refractivity contribution in [2.24, 2.45) is 16.5 Å². The third-order valence-corrected chi connectivity index (χ3v) is 5.45. The Morgan fingerprint density at radius 1 is 1.47 bits per heavy atom. The monoisotopic (exact) mass is 311 g/mol. The Kier molecular flexibility index (Phi) is 5.71. The number of nitrogens with two attached hydrogens (primary N) is 2. The van der Waals surface area contributed by atoms with Crippen LogP contribution in [-0.2, 0) is 6.54 Å². The zero-order valence-electron chi connectivity index (χ0n) is 9.03. The van der Waals surface area contributed by atoms with Gasteiger partial charge in [0.25, 0.3) is 0 Å². The quantitative estimate of drug-likeness (QED) is 0.493. The van der Waals surface area contributed by atoms with Gasteiger partial charge in [-0.05, 0) is 0 Å². The summed E-state index contributed by atoms with van der Waals surface area (Å²) in [6.45, 7) is 2.74. The predicted molar refractivity (Wildman–Crippen MR) is 66.5 cm³/mol. The predicted octanol–water partition coefficient (Wildman–Crippen LogP) is 1.62. The fourth-order valence-electron chi connectivity index (χ4n) is 1.18. The first-order valence-electron chi connectivity index (χ1n) is 5.13. The molecule has 15 heavy (non-hydrogen) atoms. The molecule has 0 unspecified atom stereocenters. The fraction of sp³-hybridized carbons (Fsp3) is 0.364. The first kappa shape index (κ1) is 12.5. The van der Waals surface area contributed by atoms with Gasteiger partial charge in [-0.2, -0.15) is 0 Å². The van der Waals surface area contributed by atoms with Gasteiger partial charge >= 0.3 is 101 Å². The molecule has 2 radical (unpaired) electrons. The molecule has 0 aliphatic rings. The van der Waals surface area contributed by atoms with Crippen molar-refractivity contribution in [1.29, 1.82) is 0 Å². The summed E-state index contributed by atoms with van der Waals surface area (Å²) < 4.78 is 2.13. The van der Waals surface area contributed by atoms with Gasteiger partial charge in [-0.1, -0.05) is 0 Å². The molecule has 0 aromatic heterocycles. The van der Waals surface area contributed by atoms with Gasteiger partial charge < -0.3 is 0 Å². The molecule has 0 heterocycles. The third-order valence-electron chi connectivity index (χ3n) is 1.95. The van der Waals surface area contributed by atoms with Crippen molar-refractivity contribution in [3.05, 3.63) is 29.8 Å². The van der Waals surface area contributed by atoms with Crippen molar-refractivity contribution in [1.82, 2.24) is 0 Å². The van der Waals surface area contributed by atoms with Gasteiger partial charge in [-0.15, -0.1) is 0 Å². The van der Waals surface area contributed by atoms with Crippen LogP contribution in [0.25, 0.3) is 0 Å². The molecule has 0 bridgehead atoms. The van der Waals surface area contributed by atoms with Crippen LogP contribution >= 0.6 is 0 Å². The summed E-state index contributed by atoms with van der Waals surface area (Å²) in [7, 11) is 0. The molecule has 3 nitrogen and oxygen atoms in total. The van der Waals surface area contributed by atoms with Gasteiger partial charge in [0, 0.05) is 0 Å². The summed E-state index contributed by atoms with van der Waals surface area (Å²) in [5, 5.41) is 0. The van der Waals surface area contributed by atoms with E-state index in [1.54, 1.807) is 0 Å². The van der Waals surface area contributed by atoms with Crippen molar-refractivity contribution in [2.45, 2.75) is 24.3 Å². The molecule has 0 saturated carbocycles. The second-order valence-electron chi connectivity index (χ2n) is 3.30. The molecule has 0 spiro atoms. The summed E-state index contributed by atoms with van der Waals surface area (Å²) in [6.07, 6.45) is 1.21. The zero-order valence-corrected chi connectivity index (χ0v) is 11.9. The van der Waals surface area contributed by atoms with Gasteiger partial charge in [0.05, 0.1) is 0 Å². The van der Waals surface area contributed by atoms with Gasteiger partial charge in [0.2, 0.25) is 0 Å². The van der Waals surface area contributed by atoms with E-state index in [0.29, 0.717) is 6.54 Å². The topological polar surface area (TPSA) is 64.4 Å². The van der Waals surface area contributed by atoms with Crippen molar-refractivity contribution in [2.75, 3.05) is 0 Å². The fourth-order valence-corrected chi connectivity index (χ4v) is 3.22. The number of rotatable bonds is 5. The van der Waals surface area contributed by atoms with E-state index in [2.05, 4.69) is 11.9 Å². The van der Waals surface area contributed by atoms with E-state index < -0.39 is 21.1 Å². The van der Waals surface area contributed by atoms with E-state index in [4.69, 9.17) is 11.5 Å². The van der Waals surface area contributed by atoms with Gasteiger partial charge in [0.15, 0.2) is 0 Å². The van der Waals surface area contributed by atoms with E-state index in [1.165, 1.54) is 10.9 Å². The van der Waals surface area contributed by atoms with Gasteiger partial charge in [-0.3, -0.25) is 0 Å². The zero-order chi connectivity index (χ0) is 11.1. The molecule has 0 aliphatic carbocycles.